The van der Waals surface area contributed by atoms with Gasteiger partial charge in [0.05, 0.1) is 11.5 Å². The van der Waals surface area contributed by atoms with Crippen LogP contribution in [0.2, 0.25) is 0 Å². The lowest BCUT2D eigenvalue weighted by Gasteiger charge is -2.38. The smallest absolute Gasteiger partial charge is 0.291 e. The summed E-state index contributed by atoms with van der Waals surface area (Å²) in [4.78, 5) is 2.18. The number of aryl methyl sites for hydroxylation is 1. The van der Waals surface area contributed by atoms with E-state index in [1.807, 2.05) is 6.92 Å². The summed E-state index contributed by atoms with van der Waals surface area (Å²) in [7, 11) is -7.27. The van der Waals surface area contributed by atoms with Gasteiger partial charge in [0.1, 0.15) is 33.7 Å². The van der Waals surface area contributed by atoms with Gasteiger partial charge < -0.3 is 4.74 Å². The molecule has 0 radical (unpaired) electrons. The summed E-state index contributed by atoms with van der Waals surface area (Å²) in [6.45, 7) is 3.94. The quantitative estimate of drug-likeness (QED) is 0.422. The van der Waals surface area contributed by atoms with Crippen LogP contribution in [0.3, 0.4) is 0 Å². The fraction of sp³-hybridized carbons (Fsp3) is 0.440. The van der Waals surface area contributed by atoms with Crippen molar-refractivity contribution in [1.82, 2.24) is 9.21 Å². The van der Waals surface area contributed by atoms with Gasteiger partial charge in [0.2, 0.25) is 0 Å². The molecule has 204 valence electrons. The third kappa shape index (κ3) is 5.30. The van der Waals surface area contributed by atoms with Gasteiger partial charge in [0.15, 0.2) is 0 Å². The topological polar surface area (TPSA) is 115 Å². The maximum absolute atomic E-state index is 14.3. The molecule has 1 fully saturated rings. The molecule has 3 aliphatic heterocycles. The van der Waals surface area contributed by atoms with Gasteiger partial charge in [0, 0.05) is 44.0 Å². The highest BCUT2D eigenvalue weighted by molar-refractivity contribution is 8.01. The number of benzene rings is 2. The first kappa shape index (κ1) is 27.0. The minimum absolute atomic E-state index is 0.00614. The van der Waals surface area contributed by atoms with Crippen molar-refractivity contribution in [2.75, 3.05) is 39.0 Å². The molecule has 0 spiro atoms. The molecule has 0 aliphatic carbocycles. The van der Waals surface area contributed by atoms with E-state index in [0.29, 0.717) is 32.6 Å². The Morgan fingerprint density at radius 3 is 2.29 bits per heavy atom. The number of ether oxygens (including phenoxy) is 1. The Morgan fingerprint density at radius 1 is 1.00 bits per heavy atom. The molecule has 0 saturated carbocycles. The van der Waals surface area contributed by atoms with Crippen LogP contribution >= 0.6 is 0 Å². The van der Waals surface area contributed by atoms with E-state index in [0.717, 1.165) is 34.9 Å². The van der Waals surface area contributed by atoms with E-state index >= 15 is 0 Å². The molecule has 5 rings (SSSR count). The molecule has 1 unspecified atom stereocenters. The Morgan fingerprint density at radius 2 is 1.66 bits per heavy atom. The van der Waals surface area contributed by atoms with E-state index in [-0.39, 0.29) is 23.1 Å². The summed E-state index contributed by atoms with van der Waals surface area (Å²) in [5.74, 6) is -1.17. The number of nitrogens with one attached hydrogen (secondary N) is 1. The van der Waals surface area contributed by atoms with Gasteiger partial charge in [0.25, 0.3) is 10.0 Å². The predicted molar refractivity (Wildman–Crippen MR) is 137 cm³/mol. The molecule has 9 nitrogen and oxygen atoms in total. The molecular weight excluding hydrogens is 536 g/mol. The van der Waals surface area contributed by atoms with Crippen molar-refractivity contribution < 1.29 is 26.1 Å². The third-order valence-electron chi connectivity index (χ3n) is 7.33. The lowest BCUT2D eigenvalue weighted by atomic mass is 9.93. The highest BCUT2D eigenvalue weighted by Gasteiger charge is 2.41. The molecule has 1 saturated heterocycles. The van der Waals surface area contributed by atoms with Crippen molar-refractivity contribution >= 4 is 19.9 Å². The third-order valence-corrected chi connectivity index (χ3v) is 11.3. The van der Waals surface area contributed by atoms with Crippen molar-refractivity contribution in [1.29, 1.82) is 5.53 Å². The van der Waals surface area contributed by atoms with E-state index in [4.69, 9.17) is 10.3 Å². The summed E-state index contributed by atoms with van der Waals surface area (Å²) in [6.07, 6.45) is 0.960. The summed E-state index contributed by atoms with van der Waals surface area (Å²) >= 11 is 0. The van der Waals surface area contributed by atoms with Crippen LogP contribution in [-0.4, -0.2) is 73.0 Å². The minimum Gasteiger partial charge on any atom is -0.369 e. The van der Waals surface area contributed by atoms with Crippen LogP contribution in [0.4, 0.5) is 8.78 Å². The zero-order valence-electron chi connectivity index (χ0n) is 21.0. The Bertz CT molecular complexity index is 1500. The second kappa shape index (κ2) is 10.2. The summed E-state index contributed by atoms with van der Waals surface area (Å²) in [6, 6.07) is 8.69. The first-order valence-corrected chi connectivity index (χ1v) is 15.5. The second-order valence-corrected chi connectivity index (χ2v) is 14.1. The fourth-order valence-electron chi connectivity index (χ4n) is 5.26. The first-order valence-electron chi connectivity index (χ1n) is 12.1. The Labute approximate surface area is 221 Å². The predicted octanol–water partition coefficient (Wildman–Crippen LogP) is 3.83. The van der Waals surface area contributed by atoms with Crippen LogP contribution in [0, 0.1) is 24.1 Å². The normalized spacial score (nSPS) is 26.3. The highest BCUT2D eigenvalue weighted by atomic mass is 32.3. The number of nitrogens with zero attached hydrogens (tertiary/aromatic N) is 4. The zero-order valence-corrected chi connectivity index (χ0v) is 22.6. The zero-order chi connectivity index (χ0) is 27.2. The molecular formula is C25H29F2N5O4S2. The fourth-order valence-corrected chi connectivity index (χ4v) is 8.70. The molecule has 13 heteroatoms. The van der Waals surface area contributed by atoms with Crippen molar-refractivity contribution in [3.63, 3.8) is 0 Å². The summed E-state index contributed by atoms with van der Waals surface area (Å²) < 4.78 is 78.3. The molecule has 38 heavy (non-hydrogen) atoms. The number of halogens is 2. The summed E-state index contributed by atoms with van der Waals surface area (Å²) in [5.41, 5.74) is 10.7. The molecule has 2 aromatic rings. The Balaban J connectivity index is 1.24. The largest absolute Gasteiger partial charge is 0.369 e. The first-order chi connectivity index (χ1) is 18.0. The second-order valence-electron chi connectivity index (χ2n) is 10.0. The van der Waals surface area contributed by atoms with E-state index in [9.17, 15) is 21.4 Å². The lowest BCUT2D eigenvalue weighted by Crippen LogP contribution is -2.46. The highest BCUT2D eigenvalue weighted by Crippen LogP contribution is 2.37. The van der Waals surface area contributed by atoms with Gasteiger partial charge >= 0.3 is 0 Å². The molecule has 3 heterocycles. The molecule has 4 atom stereocenters. The molecule has 3 aliphatic rings. The minimum atomic E-state index is -4.08. The number of sulfonamides is 1. The van der Waals surface area contributed by atoms with Crippen molar-refractivity contribution in [3.8, 4) is 0 Å². The van der Waals surface area contributed by atoms with Gasteiger partial charge in [-0.05, 0) is 54.8 Å². The molecule has 0 aromatic heterocycles. The van der Waals surface area contributed by atoms with Crippen molar-refractivity contribution in [2.45, 2.75) is 36.4 Å². The van der Waals surface area contributed by atoms with Crippen LogP contribution in [0.1, 0.15) is 23.7 Å². The summed E-state index contributed by atoms with van der Waals surface area (Å²) in [5, 5.41) is 3.66. The SMILES string of the molecule is Cc1ccc(S(=O)(=O)N=S(C)(=O)N2CC3=C(CN([C@H]4CO[C@H](c5cc(F)ccc5F)[C@@H](N=N)C4)C3)C2)cc1. The van der Waals surface area contributed by atoms with Crippen LogP contribution in [0.15, 0.2) is 67.4 Å². The lowest BCUT2D eigenvalue weighted by molar-refractivity contribution is -0.0482. The number of rotatable bonds is 6. The number of hydrogen-bond acceptors (Lipinski definition) is 7. The van der Waals surface area contributed by atoms with Gasteiger partial charge in [-0.15, -0.1) is 0 Å². The monoisotopic (exact) mass is 565 g/mol. The van der Waals surface area contributed by atoms with Gasteiger partial charge in [-0.2, -0.15) is 13.5 Å². The molecule has 1 N–H and O–H groups in total. The van der Waals surface area contributed by atoms with E-state index < -0.39 is 43.7 Å². The van der Waals surface area contributed by atoms with Crippen LogP contribution in [0.5, 0.6) is 0 Å². The van der Waals surface area contributed by atoms with E-state index in [2.05, 4.69) is 13.8 Å². The van der Waals surface area contributed by atoms with E-state index in [1.165, 1.54) is 18.4 Å². The standard InChI is InChI=1S/C25H29F2N5O4S2/c1-16-3-6-21(7-4-16)38(34,35)30-37(2,33)32-13-17-11-31(12-18(17)14-32)20-10-24(29-28)25(36-15-20)22-9-19(26)5-8-23(22)27/h3-9,20,24-25,28H,10-15H2,1-2H3/t20-,24+,25-,37?/m1/s1. The average Bonchev–Trinajstić information content (AvgIpc) is 3.45. The molecule has 0 bridgehead atoms. The van der Waals surface area contributed by atoms with Crippen LogP contribution in [0.25, 0.3) is 0 Å². The Hall–Kier alpha value is -2.58. The van der Waals surface area contributed by atoms with Gasteiger partial charge in [-0.25, -0.2) is 22.8 Å². The molecule has 0 amide bonds. The van der Waals surface area contributed by atoms with E-state index in [1.54, 1.807) is 16.4 Å². The van der Waals surface area contributed by atoms with Crippen molar-refractivity contribution in [2.24, 2.45) is 8.88 Å². The maximum Gasteiger partial charge on any atom is 0.291 e. The van der Waals surface area contributed by atoms with Gasteiger partial charge in [-0.3, -0.25) is 4.90 Å². The molecule has 2 aromatic carbocycles. The van der Waals surface area contributed by atoms with Crippen molar-refractivity contribution in [3.05, 3.63) is 76.4 Å². The number of hydrogen-bond donors (Lipinski definition) is 1. The maximum atomic E-state index is 14.3. The van der Waals surface area contributed by atoms with Crippen LogP contribution < -0.4 is 0 Å². The van der Waals surface area contributed by atoms with Gasteiger partial charge in [-0.1, -0.05) is 21.5 Å². The Kier molecular flexibility index (Phi) is 7.24. The average molecular weight is 566 g/mol. The van der Waals surface area contributed by atoms with Crippen LogP contribution in [-0.2, 0) is 24.7 Å².